The standard InChI is InChI=1S/C27H52N2O7/c1-21(2)23-10-9-22(3)19-24(23)35-20-25(30)28-11-7-13-32-15-17-34-18-16-33-14-8-12-29-26(31)36-27(4,5)6/h21-24H,7-20H2,1-6H3,(H,28,30)(H,29,31)/t22-,23+,24-/m1/s1. The minimum absolute atomic E-state index is 0.0558. The van der Waals surface area contributed by atoms with Crippen molar-refractivity contribution in [3.63, 3.8) is 0 Å². The maximum absolute atomic E-state index is 12.1. The first-order valence-corrected chi connectivity index (χ1v) is 13.7. The van der Waals surface area contributed by atoms with E-state index in [1.165, 1.54) is 12.8 Å². The molecule has 0 aliphatic heterocycles. The van der Waals surface area contributed by atoms with Gasteiger partial charge in [0.25, 0.3) is 0 Å². The highest BCUT2D eigenvalue weighted by molar-refractivity contribution is 5.77. The number of alkyl carbamates (subject to hydrolysis) is 1. The fourth-order valence-corrected chi connectivity index (χ4v) is 4.16. The van der Waals surface area contributed by atoms with E-state index in [-0.39, 0.29) is 18.6 Å². The van der Waals surface area contributed by atoms with Crippen molar-refractivity contribution in [3.05, 3.63) is 0 Å². The first kappa shape index (κ1) is 32.6. The summed E-state index contributed by atoms with van der Waals surface area (Å²) in [6.07, 6.45) is 4.73. The van der Waals surface area contributed by atoms with E-state index in [4.69, 9.17) is 23.7 Å². The van der Waals surface area contributed by atoms with Crippen LogP contribution in [0.4, 0.5) is 4.79 Å². The van der Waals surface area contributed by atoms with Gasteiger partial charge in [-0.3, -0.25) is 4.79 Å². The third-order valence-corrected chi connectivity index (χ3v) is 6.06. The molecule has 9 heteroatoms. The second-order valence-electron chi connectivity index (χ2n) is 11.0. The molecule has 0 aromatic rings. The van der Waals surface area contributed by atoms with Gasteiger partial charge in [0.2, 0.25) is 5.91 Å². The zero-order valence-electron chi connectivity index (χ0n) is 23.6. The predicted molar refractivity (Wildman–Crippen MR) is 140 cm³/mol. The maximum atomic E-state index is 12.1. The number of hydrogen-bond acceptors (Lipinski definition) is 7. The molecule has 36 heavy (non-hydrogen) atoms. The lowest BCUT2D eigenvalue weighted by Gasteiger charge is -2.37. The summed E-state index contributed by atoms with van der Waals surface area (Å²) in [5.74, 6) is 1.74. The van der Waals surface area contributed by atoms with Gasteiger partial charge in [0.1, 0.15) is 12.2 Å². The molecule has 0 radical (unpaired) electrons. The Morgan fingerprint density at radius 3 is 1.97 bits per heavy atom. The lowest BCUT2D eigenvalue weighted by molar-refractivity contribution is -0.131. The van der Waals surface area contributed by atoms with Crippen LogP contribution in [0.5, 0.6) is 0 Å². The largest absolute Gasteiger partial charge is 0.444 e. The highest BCUT2D eigenvalue weighted by Crippen LogP contribution is 2.35. The molecule has 0 spiro atoms. The van der Waals surface area contributed by atoms with Gasteiger partial charge in [-0.1, -0.05) is 27.2 Å². The van der Waals surface area contributed by atoms with Crippen LogP contribution >= 0.6 is 0 Å². The molecule has 1 aliphatic carbocycles. The van der Waals surface area contributed by atoms with E-state index in [1.54, 1.807) is 0 Å². The van der Waals surface area contributed by atoms with Crippen LogP contribution in [0.1, 0.15) is 73.6 Å². The summed E-state index contributed by atoms with van der Waals surface area (Å²) < 4.78 is 27.6. The Morgan fingerprint density at radius 1 is 0.861 bits per heavy atom. The highest BCUT2D eigenvalue weighted by atomic mass is 16.6. The van der Waals surface area contributed by atoms with Crippen molar-refractivity contribution in [2.24, 2.45) is 17.8 Å². The van der Waals surface area contributed by atoms with Crippen LogP contribution in [0.2, 0.25) is 0 Å². The summed E-state index contributed by atoms with van der Waals surface area (Å²) in [6, 6.07) is 0. The Kier molecular flexibility index (Phi) is 17.0. The number of carbonyl (C=O) groups is 2. The summed E-state index contributed by atoms with van der Waals surface area (Å²) in [4.78, 5) is 23.6. The molecular formula is C27H52N2O7. The average molecular weight is 517 g/mol. The molecule has 1 saturated carbocycles. The van der Waals surface area contributed by atoms with Crippen molar-refractivity contribution in [2.75, 3.05) is 59.3 Å². The van der Waals surface area contributed by atoms with Crippen LogP contribution in [0.3, 0.4) is 0 Å². The summed E-state index contributed by atoms with van der Waals surface area (Å²) in [5.41, 5.74) is -0.488. The van der Waals surface area contributed by atoms with Crippen LogP contribution in [-0.4, -0.2) is 83.0 Å². The predicted octanol–water partition coefficient (Wildman–Crippen LogP) is 3.93. The average Bonchev–Trinajstić information content (AvgIpc) is 2.78. The number of amides is 2. The van der Waals surface area contributed by atoms with Gasteiger partial charge in [-0.15, -0.1) is 0 Å². The first-order valence-electron chi connectivity index (χ1n) is 13.7. The zero-order valence-corrected chi connectivity index (χ0v) is 23.6. The Labute approximate surface area is 218 Å². The lowest BCUT2D eigenvalue weighted by atomic mass is 9.75. The molecule has 0 aromatic heterocycles. The van der Waals surface area contributed by atoms with Crippen molar-refractivity contribution in [1.82, 2.24) is 10.6 Å². The Hall–Kier alpha value is -1.42. The van der Waals surface area contributed by atoms with Crippen molar-refractivity contribution < 1.29 is 33.3 Å². The van der Waals surface area contributed by atoms with Crippen LogP contribution < -0.4 is 10.6 Å². The van der Waals surface area contributed by atoms with E-state index >= 15 is 0 Å². The van der Waals surface area contributed by atoms with Crippen molar-refractivity contribution in [1.29, 1.82) is 0 Å². The minimum Gasteiger partial charge on any atom is -0.444 e. The number of nitrogens with one attached hydrogen (secondary N) is 2. The molecule has 1 aliphatic rings. The molecular weight excluding hydrogens is 464 g/mol. The van der Waals surface area contributed by atoms with E-state index in [2.05, 4.69) is 31.4 Å². The van der Waals surface area contributed by atoms with Crippen LogP contribution in [0.15, 0.2) is 0 Å². The Morgan fingerprint density at radius 2 is 1.42 bits per heavy atom. The molecule has 0 bridgehead atoms. The smallest absolute Gasteiger partial charge is 0.407 e. The summed E-state index contributed by atoms with van der Waals surface area (Å²) in [7, 11) is 0. The van der Waals surface area contributed by atoms with Gasteiger partial charge in [-0.05, 0) is 64.2 Å². The molecule has 212 valence electrons. The zero-order chi connectivity index (χ0) is 26.8. The number of ether oxygens (including phenoxy) is 5. The number of rotatable bonds is 18. The van der Waals surface area contributed by atoms with E-state index in [1.807, 2.05) is 20.8 Å². The topological polar surface area (TPSA) is 104 Å². The van der Waals surface area contributed by atoms with Gasteiger partial charge in [0.15, 0.2) is 0 Å². The van der Waals surface area contributed by atoms with Gasteiger partial charge in [0, 0.05) is 26.3 Å². The fraction of sp³-hybridized carbons (Fsp3) is 0.926. The molecule has 2 amide bonds. The molecule has 2 N–H and O–H groups in total. The fourth-order valence-electron chi connectivity index (χ4n) is 4.16. The molecule has 0 saturated heterocycles. The van der Waals surface area contributed by atoms with Gasteiger partial charge >= 0.3 is 6.09 Å². The van der Waals surface area contributed by atoms with Gasteiger partial charge in [-0.25, -0.2) is 4.79 Å². The molecule has 3 atom stereocenters. The van der Waals surface area contributed by atoms with Crippen LogP contribution in [-0.2, 0) is 28.5 Å². The molecule has 1 fully saturated rings. The molecule has 0 aromatic carbocycles. The number of hydrogen-bond donors (Lipinski definition) is 2. The summed E-state index contributed by atoms with van der Waals surface area (Å²) in [6.45, 7) is 16.6. The van der Waals surface area contributed by atoms with Gasteiger partial charge in [0.05, 0.1) is 32.5 Å². The number of carbonyl (C=O) groups excluding carboxylic acids is 2. The van der Waals surface area contributed by atoms with Crippen LogP contribution in [0, 0.1) is 17.8 Å². The second kappa shape index (κ2) is 18.8. The van der Waals surface area contributed by atoms with Crippen molar-refractivity contribution >= 4 is 12.0 Å². The molecule has 0 unspecified atom stereocenters. The minimum atomic E-state index is -0.488. The second-order valence-corrected chi connectivity index (χ2v) is 11.0. The van der Waals surface area contributed by atoms with Crippen molar-refractivity contribution in [2.45, 2.75) is 85.4 Å². The Balaban J connectivity index is 1.87. The molecule has 9 nitrogen and oxygen atoms in total. The van der Waals surface area contributed by atoms with E-state index in [9.17, 15) is 9.59 Å². The third kappa shape index (κ3) is 17.1. The third-order valence-electron chi connectivity index (χ3n) is 6.06. The SMILES string of the molecule is CC(C)[C@@H]1CC[C@@H](C)C[C@H]1OCC(=O)NCCCOCCOCCOCCCNC(=O)OC(C)(C)C. The van der Waals surface area contributed by atoms with Crippen molar-refractivity contribution in [3.8, 4) is 0 Å². The van der Waals surface area contributed by atoms with E-state index < -0.39 is 11.7 Å². The van der Waals surface area contributed by atoms with Gasteiger partial charge in [-0.2, -0.15) is 0 Å². The maximum Gasteiger partial charge on any atom is 0.407 e. The van der Waals surface area contributed by atoms with Gasteiger partial charge < -0.3 is 34.3 Å². The normalized spacial score (nSPS) is 20.4. The van der Waals surface area contributed by atoms with Crippen LogP contribution in [0.25, 0.3) is 0 Å². The summed E-state index contributed by atoms with van der Waals surface area (Å²) in [5, 5.41) is 5.60. The molecule has 0 heterocycles. The summed E-state index contributed by atoms with van der Waals surface area (Å²) >= 11 is 0. The highest BCUT2D eigenvalue weighted by Gasteiger charge is 2.31. The quantitative estimate of drug-likeness (QED) is 0.266. The first-order chi connectivity index (χ1) is 17.1. The van der Waals surface area contributed by atoms with E-state index in [0.717, 1.165) is 12.8 Å². The monoisotopic (exact) mass is 516 g/mol. The van der Waals surface area contributed by atoms with E-state index in [0.29, 0.717) is 76.9 Å². The lowest BCUT2D eigenvalue weighted by Crippen LogP contribution is -2.38. The Bertz CT molecular complexity index is 595. The molecule has 1 rings (SSSR count).